The molecule has 0 atom stereocenters. The van der Waals surface area contributed by atoms with Gasteiger partial charge >= 0.3 is 6.03 Å². The SMILES string of the molecule is CNC(=O)N(N)Cc1ccc(C)c(C)c1. The average molecular weight is 207 g/mol. The first-order chi connectivity index (χ1) is 7.04. The molecule has 2 amide bonds. The van der Waals surface area contributed by atoms with Crippen LogP contribution in [0.1, 0.15) is 16.7 Å². The summed E-state index contributed by atoms with van der Waals surface area (Å²) >= 11 is 0. The Bertz CT molecular complexity index is 363. The van der Waals surface area contributed by atoms with E-state index in [-0.39, 0.29) is 6.03 Å². The molecule has 0 fully saturated rings. The number of urea groups is 1. The van der Waals surface area contributed by atoms with E-state index in [2.05, 4.69) is 12.2 Å². The predicted molar refractivity (Wildman–Crippen MR) is 60.1 cm³/mol. The zero-order valence-electron chi connectivity index (χ0n) is 9.37. The number of benzene rings is 1. The predicted octanol–water partition coefficient (Wildman–Crippen LogP) is 1.32. The second-order valence-electron chi connectivity index (χ2n) is 3.60. The van der Waals surface area contributed by atoms with Crippen molar-refractivity contribution in [3.05, 3.63) is 34.9 Å². The van der Waals surface area contributed by atoms with Crippen molar-refractivity contribution in [1.82, 2.24) is 10.3 Å². The maximum absolute atomic E-state index is 11.2. The first-order valence-electron chi connectivity index (χ1n) is 4.84. The molecule has 0 radical (unpaired) electrons. The van der Waals surface area contributed by atoms with Crippen molar-refractivity contribution in [3.8, 4) is 0 Å². The van der Waals surface area contributed by atoms with E-state index in [1.54, 1.807) is 7.05 Å². The highest BCUT2D eigenvalue weighted by atomic mass is 16.2. The normalized spacial score (nSPS) is 9.87. The molecule has 0 spiro atoms. The highest BCUT2D eigenvalue weighted by Gasteiger charge is 2.07. The van der Waals surface area contributed by atoms with Crippen molar-refractivity contribution in [2.45, 2.75) is 20.4 Å². The molecular formula is C11H17N3O. The van der Waals surface area contributed by atoms with Gasteiger partial charge in [-0.25, -0.2) is 10.6 Å². The minimum atomic E-state index is -0.284. The summed E-state index contributed by atoms with van der Waals surface area (Å²) in [6.45, 7) is 4.51. The molecule has 0 aliphatic carbocycles. The minimum absolute atomic E-state index is 0.284. The largest absolute Gasteiger partial charge is 0.340 e. The number of nitrogens with zero attached hydrogens (tertiary/aromatic N) is 1. The fourth-order valence-corrected chi connectivity index (χ4v) is 1.31. The fourth-order valence-electron chi connectivity index (χ4n) is 1.31. The molecule has 0 saturated heterocycles. The maximum Gasteiger partial charge on any atom is 0.331 e. The summed E-state index contributed by atoms with van der Waals surface area (Å²) in [6, 6.07) is 5.76. The second kappa shape index (κ2) is 4.79. The van der Waals surface area contributed by atoms with Crippen molar-refractivity contribution in [2.24, 2.45) is 5.84 Å². The smallest absolute Gasteiger partial charge is 0.331 e. The summed E-state index contributed by atoms with van der Waals surface area (Å²) in [5.41, 5.74) is 3.48. The second-order valence-corrected chi connectivity index (χ2v) is 3.60. The number of carbonyl (C=O) groups excluding carboxylic acids is 1. The van der Waals surface area contributed by atoms with Crippen LogP contribution >= 0.6 is 0 Å². The lowest BCUT2D eigenvalue weighted by atomic mass is 10.1. The van der Waals surface area contributed by atoms with Gasteiger partial charge in [0.15, 0.2) is 0 Å². The van der Waals surface area contributed by atoms with Gasteiger partial charge in [-0.2, -0.15) is 0 Å². The number of amides is 2. The van der Waals surface area contributed by atoms with Gasteiger partial charge in [-0.05, 0) is 30.5 Å². The number of rotatable bonds is 2. The lowest BCUT2D eigenvalue weighted by Gasteiger charge is -2.16. The van der Waals surface area contributed by atoms with Crippen LogP contribution in [0, 0.1) is 13.8 Å². The van der Waals surface area contributed by atoms with Crippen LogP contribution < -0.4 is 11.2 Å². The van der Waals surface area contributed by atoms with Crippen molar-refractivity contribution in [3.63, 3.8) is 0 Å². The van der Waals surface area contributed by atoms with E-state index >= 15 is 0 Å². The van der Waals surface area contributed by atoms with Crippen molar-refractivity contribution in [2.75, 3.05) is 7.05 Å². The van der Waals surface area contributed by atoms with Gasteiger partial charge in [0.05, 0.1) is 6.54 Å². The van der Waals surface area contributed by atoms with Gasteiger partial charge in [-0.15, -0.1) is 0 Å². The van der Waals surface area contributed by atoms with Gasteiger partial charge in [0.2, 0.25) is 0 Å². The lowest BCUT2D eigenvalue weighted by molar-refractivity contribution is 0.198. The standard InChI is InChI=1S/C11H17N3O/c1-8-4-5-10(6-9(8)2)7-14(12)11(15)13-3/h4-6H,7,12H2,1-3H3,(H,13,15). The number of nitrogens with one attached hydrogen (secondary N) is 1. The molecule has 15 heavy (non-hydrogen) atoms. The molecule has 4 nitrogen and oxygen atoms in total. The summed E-state index contributed by atoms with van der Waals surface area (Å²) in [4.78, 5) is 11.2. The number of carbonyl (C=O) groups is 1. The third kappa shape index (κ3) is 2.95. The minimum Gasteiger partial charge on any atom is -0.340 e. The van der Waals surface area contributed by atoms with Gasteiger partial charge in [-0.1, -0.05) is 18.2 Å². The van der Waals surface area contributed by atoms with Crippen LogP contribution in [0.25, 0.3) is 0 Å². The molecule has 0 bridgehead atoms. The molecule has 3 N–H and O–H groups in total. The van der Waals surface area contributed by atoms with E-state index in [9.17, 15) is 4.79 Å². The molecular weight excluding hydrogens is 190 g/mol. The number of hydrogen-bond acceptors (Lipinski definition) is 2. The Balaban J connectivity index is 2.73. The van der Waals surface area contributed by atoms with Crippen LogP contribution in [-0.2, 0) is 6.54 Å². The van der Waals surface area contributed by atoms with E-state index in [1.807, 2.05) is 25.1 Å². The molecule has 0 unspecified atom stereocenters. The van der Waals surface area contributed by atoms with Crippen molar-refractivity contribution < 1.29 is 4.79 Å². The van der Waals surface area contributed by atoms with Gasteiger partial charge < -0.3 is 5.32 Å². The van der Waals surface area contributed by atoms with Crippen LogP contribution in [0.3, 0.4) is 0 Å². The van der Waals surface area contributed by atoms with Gasteiger partial charge in [0.1, 0.15) is 0 Å². The van der Waals surface area contributed by atoms with Crippen LogP contribution in [-0.4, -0.2) is 18.1 Å². The molecule has 0 aliphatic heterocycles. The average Bonchev–Trinajstić information content (AvgIpc) is 2.22. The van der Waals surface area contributed by atoms with Crippen LogP contribution in [0.4, 0.5) is 4.79 Å². The highest BCUT2D eigenvalue weighted by molar-refractivity contribution is 5.73. The molecule has 0 heterocycles. The van der Waals surface area contributed by atoms with Crippen molar-refractivity contribution in [1.29, 1.82) is 0 Å². The Labute approximate surface area is 90.0 Å². The summed E-state index contributed by atoms with van der Waals surface area (Å²) in [5.74, 6) is 5.57. The van der Waals surface area contributed by atoms with Crippen molar-refractivity contribution >= 4 is 6.03 Å². The monoisotopic (exact) mass is 207 g/mol. The zero-order chi connectivity index (χ0) is 11.4. The maximum atomic E-state index is 11.2. The van der Waals surface area contributed by atoms with E-state index < -0.39 is 0 Å². The first kappa shape index (κ1) is 11.5. The third-order valence-corrected chi connectivity index (χ3v) is 2.40. The van der Waals surface area contributed by atoms with E-state index in [4.69, 9.17) is 5.84 Å². The Morgan fingerprint density at radius 2 is 2.07 bits per heavy atom. The molecule has 1 aromatic rings. The molecule has 4 heteroatoms. The van der Waals surface area contributed by atoms with Crippen LogP contribution in [0.5, 0.6) is 0 Å². The van der Waals surface area contributed by atoms with Crippen LogP contribution in [0.2, 0.25) is 0 Å². The van der Waals surface area contributed by atoms with Gasteiger partial charge in [0.25, 0.3) is 0 Å². The number of hydrazine groups is 1. The topological polar surface area (TPSA) is 58.4 Å². The Morgan fingerprint density at radius 3 is 2.60 bits per heavy atom. The molecule has 0 aromatic heterocycles. The molecule has 82 valence electrons. The summed E-state index contributed by atoms with van der Waals surface area (Å²) in [5, 5.41) is 3.63. The zero-order valence-corrected chi connectivity index (χ0v) is 9.37. The Hall–Kier alpha value is -1.55. The van der Waals surface area contributed by atoms with E-state index in [0.717, 1.165) is 10.6 Å². The quantitative estimate of drug-likeness (QED) is 0.436. The Morgan fingerprint density at radius 1 is 1.40 bits per heavy atom. The number of hydrogen-bond donors (Lipinski definition) is 2. The van der Waals surface area contributed by atoms with Gasteiger partial charge in [-0.3, -0.25) is 5.01 Å². The van der Waals surface area contributed by atoms with E-state index in [1.165, 1.54) is 11.1 Å². The fraction of sp³-hybridized carbons (Fsp3) is 0.364. The summed E-state index contributed by atoms with van der Waals surface area (Å²) in [7, 11) is 1.56. The first-order valence-corrected chi connectivity index (χ1v) is 4.84. The number of aryl methyl sites for hydroxylation is 2. The molecule has 1 aromatic carbocycles. The third-order valence-electron chi connectivity index (χ3n) is 2.40. The van der Waals surface area contributed by atoms with Crippen LogP contribution in [0.15, 0.2) is 18.2 Å². The molecule has 0 saturated carbocycles. The number of nitrogens with two attached hydrogens (primary N) is 1. The molecule has 1 rings (SSSR count). The van der Waals surface area contributed by atoms with Gasteiger partial charge in [0, 0.05) is 7.05 Å². The Kier molecular flexibility index (Phi) is 3.68. The summed E-state index contributed by atoms with van der Waals surface area (Å²) in [6.07, 6.45) is 0. The lowest BCUT2D eigenvalue weighted by Crippen LogP contribution is -2.42. The summed E-state index contributed by atoms with van der Waals surface area (Å²) < 4.78 is 0. The molecule has 0 aliphatic rings. The van der Waals surface area contributed by atoms with E-state index in [0.29, 0.717) is 6.54 Å². The highest BCUT2D eigenvalue weighted by Crippen LogP contribution is 2.10.